The predicted octanol–water partition coefficient (Wildman–Crippen LogP) is 5.23. The second-order valence-corrected chi connectivity index (χ2v) is 9.26. The van der Waals surface area contributed by atoms with E-state index in [0.717, 1.165) is 16.8 Å². The first-order chi connectivity index (χ1) is 16.1. The third-order valence-corrected chi connectivity index (χ3v) is 6.49. The number of hydrazine groups is 3. The highest BCUT2D eigenvalue weighted by molar-refractivity contribution is 6.32. The molecule has 1 N–H and O–H groups in total. The molecule has 34 heavy (non-hydrogen) atoms. The van der Waals surface area contributed by atoms with Gasteiger partial charge in [-0.1, -0.05) is 59.6 Å². The number of carbonyl (C=O) groups is 1. The van der Waals surface area contributed by atoms with E-state index in [0.29, 0.717) is 40.9 Å². The summed E-state index contributed by atoms with van der Waals surface area (Å²) in [6.07, 6.45) is 5.00. The lowest BCUT2D eigenvalue weighted by molar-refractivity contribution is 0.0652. The van der Waals surface area contributed by atoms with Crippen molar-refractivity contribution in [2.75, 3.05) is 32.8 Å². The summed E-state index contributed by atoms with van der Waals surface area (Å²) in [7, 11) is 5.05. The number of methoxy groups -OCH3 is 1. The van der Waals surface area contributed by atoms with Gasteiger partial charge in [-0.05, 0) is 31.1 Å². The van der Waals surface area contributed by atoms with Crippen LogP contribution in [0.25, 0.3) is 0 Å². The van der Waals surface area contributed by atoms with Gasteiger partial charge in [0.2, 0.25) is 0 Å². The van der Waals surface area contributed by atoms with Gasteiger partial charge in [-0.2, -0.15) is 0 Å². The maximum absolute atomic E-state index is 12.6. The number of ether oxygens (including phenoxy) is 1. The van der Waals surface area contributed by atoms with Crippen LogP contribution in [0.5, 0.6) is 5.75 Å². The van der Waals surface area contributed by atoms with Gasteiger partial charge >= 0.3 is 6.03 Å². The van der Waals surface area contributed by atoms with Gasteiger partial charge in [-0.3, -0.25) is 0 Å². The van der Waals surface area contributed by atoms with Gasteiger partial charge in [-0.15, -0.1) is 10.7 Å². The molecule has 1 aromatic carbocycles. The fourth-order valence-corrected chi connectivity index (χ4v) is 4.53. The van der Waals surface area contributed by atoms with Crippen molar-refractivity contribution in [2.24, 2.45) is 17.0 Å². The number of rotatable bonds is 9. The molecule has 0 radical (unpaired) electrons. The molecule has 3 rings (SSSR count). The molecule has 1 saturated heterocycles. The zero-order chi connectivity index (χ0) is 25.0. The highest BCUT2D eigenvalue weighted by Crippen LogP contribution is 2.37. The van der Waals surface area contributed by atoms with E-state index in [-0.39, 0.29) is 17.9 Å². The molecule has 1 unspecified atom stereocenters. The van der Waals surface area contributed by atoms with Crippen LogP contribution in [0.2, 0.25) is 0 Å². The zero-order valence-corrected chi connectivity index (χ0v) is 21.7. The molecule has 1 aromatic rings. The van der Waals surface area contributed by atoms with E-state index in [9.17, 15) is 4.79 Å². The molecule has 1 heterocycles. The van der Waals surface area contributed by atoms with Crippen molar-refractivity contribution in [2.45, 2.75) is 26.7 Å². The summed E-state index contributed by atoms with van der Waals surface area (Å²) < 4.78 is 5.54. The SMILES string of the molecule is C=C(Cl)C1C=C(Cl)C=C(C/C(C)=N/OCCc2c(OC)cccc2N2NN(C)N(C)C2=O)[C@@H]1C. The van der Waals surface area contributed by atoms with Crippen LogP contribution in [0.15, 0.2) is 57.7 Å². The van der Waals surface area contributed by atoms with Crippen molar-refractivity contribution in [3.8, 4) is 5.75 Å². The Morgan fingerprint density at radius 1 is 1.32 bits per heavy atom. The quantitative estimate of drug-likeness (QED) is 0.281. The van der Waals surface area contributed by atoms with Gasteiger partial charge in [0.25, 0.3) is 0 Å². The van der Waals surface area contributed by atoms with Crippen molar-refractivity contribution >= 4 is 40.6 Å². The molecule has 0 bridgehead atoms. The standard InChI is InChI=1S/C24H31Cl2N5O3/c1-15(12-18-13-19(26)14-21(16(18)2)17(3)25)27-34-11-10-20-22(8-7-9-23(20)33-6)31-24(32)29(4)30(5)28-31/h7-9,13-14,16,21,28H,3,10-12H2,1-2,4-6H3/b27-15+/t16-,21?/m0/s1. The topological polar surface area (TPSA) is 69.6 Å². The van der Waals surface area contributed by atoms with Crippen LogP contribution in [-0.4, -0.2) is 49.7 Å². The number of allylic oxidation sites excluding steroid dienone is 5. The third-order valence-electron chi connectivity index (χ3n) is 6.00. The lowest BCUT2D eigenvalue weighted by Crippen LogP contribution is -2.39. The first-order valence-corrected chi connectivity index (χ1v) is 11.7. The van der Waals surface area contributed by atoms with Crippen LogP contribution in [0.3, 0.4) is 0 Å². The van der Waals surface area contributed by atoms with Crippen molar-refractivity contribution in [1.29, 1.82) is 0 Å². The van der Waals surface area contributed by atoms with Crippen LogP contribution in [0.1, 0.15) is 25.8 Å². The molecule has 1 aliphatic carbocycles. The fraction of sp³-hybridized carbons (Fsp3) is 0.417. The number of carbonyl (C=O) groups excluding carboxylic acids is 1. The number of benzene rings is 1. The van der Waals surface area contributed by atoms with E-state index in [1.807, 2.05) is 37.3 Å². The van der Waals surface area contributed by atoms with E-state index in [1.54, 1.807) is 26.3 Å². The molecule has 2 aliphatic rings. The highest BCUT2D eigenvalue weighted by Gasteiger charge is 2.33. The maximum Gasteiger partial charge on any atom is 0.355 e. The smallest absolute Gasteiger partial charge is 0.355 e. The van der Waals surface area contributed by atoms with Crippen molar-refractivity contribution in [3.63, 3.8) is 0 Å². The van der Waals surface area contributed by atoms with Gasteiger partial charge in [-0.25, -0.2) is 14.8 Å². The fourth-order valence-electron chi connectivity index (χ4n) is 4.00. The van der Waals surface area contributed by atoms with E-state index < -0.39 is 0 Å². The number of hydrogen-bond acceptors (Lipinski definition) is 6. The maximum atomic E-state index is 12.6. The number of anilines is 1. The molecule has 10 heteroatoms. The van der Waals surface area contributed by atoms with E-state index in [4.69, 9.17) is 32.8 Å². The summed E-state index contributed by atoms with van der Waals surface area (Å²) >= 11 is 12.4. The summed E-state index contributed by atoms with van der Waals surface area (Å²) in [5.74, 6) is 0.839. The summed E-state index contributed by atoms with van der Waals surface area (Å²) in [4.78, 5) is 18.2. The number of oxime groups is 1. The van der Waals surface area contributed by atoms with Crippen LogP contribution in [0, 0.1) is 11.8 Å². The Balaban J connectivity index is 1.66. The van der Waals surface area contributed by atoms with Crippen molar-refractivity contribution in [1.82, 2.24) is 15.7 Å². The second-order valence-electron chi connectivity index (χ2n) is 8.34. The summed E-state index contributed by atoms with van der Waals surface area (Å²) in [6, 6.07) is 5.36. The van der Waals surface area contributed by atoms with Gasteiger partial charge in [0, 0.05) is 48.5 Å². The number of nitrogens with zero attached hydrogens (tertiary/aromatic N) is 4. The lowest BCUT2D eigenvalue weighted by atomic mass is 9.81. The molecule has 8 nitrogen and oxygen atoms in total. The van der Waals surface area contributed by atoms with Gasteiger partial charge in [0.1, 0.15) is 12.4 Å². The molecule has 0 spiro atoms. The summed E-state index contributed by atoms with van der Waals surface area (Å²) in [6.45, 7) is 8.19. The Morgan fingerprint density at radius 3 is 2.68 bits per heavy atom. The second kappa shape index (κ2) is 11.3. The minimum Gasteiger partial charge on any atom is -0.496 e. The largest absolute Gasteiger partial charge is 0.496 e. The van der Waals surface area contributed by atoms with E-state index in [1.165, 1.54) is 10.0 Å². The Morgan fingerprint density at radius 2 is 2.06 bits per heavy atom. The first kappa shape index (κ1) is 26.1. The number of hydrogen-bond donors (Lipinski definition) is 1. The molecule has 184 valence electrons. The van der Waals surface area contributed by atoms with E-state index in [2.05, 4.69) is 24.2 Å². The molecule has 1 aliphatic heterocycles. The predicted molar refractivity (Wildman–Crippen MR) is 137 cm³/mol. The van der Waals surface area contributed by atoms with E-state index >= 15 is 0 Å². The average Bonchev–Trinajstić information content (AvgIpc) is 3.05. The Bertz CT molecular complexity index is 1040. The van der Waals surface area contributed by atoms with Crippen molar-refractivity contribution < 1.29 is 14.4 Å². The molecule has 2 atom stereocenters. The summed E-state index contributed by atoms with van der Waals surface area (Å²) in [5, 5.41) is 10.1. The highest BCUT2D eigenvalue weighted by atomic mass is 35.5. The molecular weight excluding hydrogens is 477 g/mol. The van der Waals surface area contributed by atoms with Gasteiger partial charge in [0.15, 0.2) is 0 Å². The third kappa shape index (κ3) is 5.75. The molecule has 0 aromatic heterocycles. The Kier molecular flexibility index (Phi) is 8.65. The first-order valence-electron chi connectivity index (χ1n) is 10.9. The van der Waals surface area contributed by atoms with Crippen molar-refractivity contribution in [3.05, 3.63) is 58.1 Å². The average molecular weight is 508 g/mol. The number of nitrogens with one attached hydrogen (secondary N) is 1. The van der Waals surface area contributed by atoms with Gasteiger partial charge < -0.3 is 9.57 Å². The number of amides is 2. The van der Waals surface area contributed by atoms with Crippen LogP contribution in [0.4, 0.5) is 10.5 Å². The molecule has 0 saturated carbocycles. The lowest BCUT2D eigenvalue weighted by Gasteiger charge is -2.27. The number of halogens is 2. The normalized spacial score (nSPS) is 21.5. The minimum atomic E-state index is -0.202. The monoisotopic (exact) mass is 507 g/mol. The Labute approximate surface area is 211 Å². The van der Waals surface area contributed by atoms with Gasteiger partial charge in [0.05, 0.1) is 18.5 Å². The molecule has 2 amide bonds. The minimum absolute atomic E-state index is 0.00755. The summed E-state index contributed by atoms with van der Waals surface area (Å²) in [5.41, 5.74) is 6.50. The zero-order valence-electron chi connectivity index (χ0n) is 20.1. The molecular formula is C24H31Cl2N5O3. The Hall–Kier alpha value is -2.52. The number of urea groups is 1. The van der Waals surface area contributed by atoms with Crippen LogP contribution in [-0.2, 0) is 11.3 Å². The molecule has 1 fully saturated rings. The van der Waals surface area contributed by atoms with Crippen LogP contribution >= 0.6 is 23.2 Å². The van der Waals surface area contributed by atoms with Crippen LogP contribution < -0.4 is 15.3 Å².